The molecule has 1 aromatic carbocycles. The highest BCUT2D eigenvalue weighted by Gasteiger charge is 2.14. The number of rotatable bonds is 3. The summed E-state index contributed by atoms with van der Waals surface area (Å²) in [5, 5.41) is 0. The van der Waals surface area contributed by atoms with Crippen molar-refractivity contribution in [2.24, 2.45) is 0 Å². The second kappa shape index (κ2) is 6.26. The SMILES string of the molecule is CN1CCN(Cc2cccc(-c3cnc4c(c3)C=CC4)c2)CC1. The highest BCUT2D eigenvalue weighted by atomic mass is 15.2. The number of piperazine rings is 1. The Hall–Kier alpha value is -1.97. The van der Waals surface area contributed by atoms with Crippen LogP contribution in [0.25, 0.3) is 17.2 Å². The first-order chi connectivity index (χ1) is 11.3. The van der Waals surface area contributed by atoms with E-state index in [1.807, 2.05) is 6.20 Å². The molecule has 2 aromatic rings. The van der Waals surface area contributed by atoms with E-state index < -0.39 is 0 Å². The Morgan fingerprint density at radius 1 is 1.04 bits per heavy atom. The van der Waals surface area contributed by atoms with E-state index in [4.69, 9.17) is 0 Å². The van der Waals surface area contributed by atoms with Crippen molar-refractivity contribution in [1.82, 2.24) is 14.8 Å². The first kappa shape index (κ1) is 14.6. The zero-order valence-electron chi connectivity index (χ0n) is 13.7. The topological polar surface area (TPSA) is 19.4 Å². The quantitative estimate of drug-likeness (QED) is 0.869. The Balaban J connectivity index is 1.53. The summed E-state index contributed by atoms with van der Waals surface area (Å²) in [5.41, 5.74) is 6.35. The summed E-state index contributed by atoms with van der Waals surface area (Å²) in [5.74, 6) is 0. The minimum Gasteiger partial charge on any atom is -0.304 e. The fourth-order valence-corrected chi connectivity index (χ4v) is 3.39. The number of benzene rings is 1. The van der Waals surface area contributed by atoms with Crippen LogP contribution in [-0.4, -0.2) is 48.0 Å². The standard InChI is InChI=1S/C20H23N3/c1-22-8-10-23(11-9-22)15-16-4-2-5-17(12-16)19-13-18-6-3-7-20(18)21-14-19/h2-6,12-14H,7-11,15H2,1H3. The first-order valence-electron chi connectivity index (χ1n) is 8.43. The van der Waals surface area contributed by atoms with Gasteiger partial charge in [0.25, 0.3) is 0 Å². The minimum atomic E-state index is 0.971. The van der Waals surface area contributed by atoms with Crippen molar-refractivity contribution in [3.05, 3.63) is 59.4 Å². The average molecular weight is 305 g/mol. The number of likely N-dealkylation sites (N-methyl/N-ethyl adjacent to an activating group) is 1. The number of allylic oxidation sites excluding steroid dienone is 1. The molecule has 0 radical (unpaired) electrons. The molecule has 23 heavy (non-hydrogen) atoms. The fourth-order valence-electron chi connectivity index (χ4n) is 3.39. The third kappa shape index (κ3) is 3.21. The summed E-state index contributed by atoms with van der Waals surface area (Å²) in [7, 11) is 2.20. The van der Waals surface area contributed by atoms with Crippen LogP contribution in [0.1, 0.15) is 16.8 Å². The maximum Gasteiger partial charge on any atom is 0.0513 e. The lowest BCUT2D eigenvalue weighted by Crippen LogP contribution is -2.43. The van der Waals surface area contributed by atoms with Crippen LogP contribution >= 0.6 is 0 Å². The summed E-state index contributed by atoms with van der Waals surface area (Å²) in [4.78, 5) is 9.55. The minimum absolute atomic E-state index is 0.971. The van der Waals surface area contributed by atoms with Gasteiger partial charge in [-0.3, -0.25) is 9.88 Å². The molecule has 1 aliphatic carbocycles. The molecule has 0 bridgehead atoms. The van der Waals surface area contributed by atoms with Gasteiger partial charge in [0.15, 0.2) is 0 Å². The molecule has 1 fully saturated rings. The van der Waals surface area contributed by atoms with Gasteiger partial charge in [0.05, 0.1) is 5.69 Å². The van der Waals surface area contributed by atoms with E-state index in [-0.39, 0.29) is 0 Å². The zero-order chi connectivity index (χ0) is 15.6. The molecule has 118 valence electrons. The summed E-state index contributed by atoms with van der Waals surface area (Å²) in [6.07, 6.45) is 7.35. The van der Waals surface area contributed by atoms with Crippen LogP contribution in [0.15, 0.2) is 42.6 Å². The number of fused-ring (bicyclic) bond motifs is 1. The number of pyridine rings is 1. The van der Waals surface area contributed by atoms with Gasteiger partial charge in [-0.1, -0.05) is 30.4 Å². The van der Waals surface area contributed by atoms with E-state index >= 15 is 0 Å². The average Bonchev–Trinajstić information content (AvgIpc) is 3.05. The predicted molar refractivity (Wildman–Crippen MR) is 95.2 cm³/mol. The van der Waals surface area contributed by atoms with Crippen molar-refractivity contribution in [3.63, 3.8) is 0 Å². The molecular weight excluding hydrogens is 282 g/mol. The molecule has 0 atom stereocenters. The summed E-state index contributed by atoms with van der Waals surface area (Å²) in [6, 6.07) is 11.2. The van der Waals surface area contributed by atoms with Crippen LogP contribution in [0.4, 0.5) is 0 Å². The van der Waals surface area contributed by atoms with Crippen LogP contribution in [0.2, 0.25) is 0 Å². The normalized spacial score (nSPS) is 18.3. The molecule has 3 heteroatoms. The molecule has 3 nitrogen and oxygen atoms in total. The Bertz CT molecular complexity index is 727. The number of hydrogen-bond acceptors (Lipinski definition) is 3. The highest BCUT2D eigenvalue weighted by molar-refractivity contribution is 5.69. The Labute approximate surface area is 138 Å². The van der Waals surface area contributed by atoms with Crippen molar-refractivity contribution in [3.8, 4) is 11.1 Å². The second-order valence-corrected chi connectivity index (χ2v) is 6.65. The molecule has 1 aromatic heterocycles. The molecular formula is C20H23N3. The van der Waals surface area contributed by atoms with Crippen LogP contribution < -0.4 is 0 Å². The van der Waals surface area contributed by atoms with Gasteiger partial charge < -0.3 is 4.90 Å². The molecule has 0 N–H and O–H groups in total. The largest absolute Gasteiger partial charge is 0.304 e. The van der Waals surface area contributed by atoms with Gasteiger partial charge in [0, 0.05) is 50.9 Å². The van der Waals surface area contributed by atoms with E-state index in [0.29, 0.717) is 0 Å². The molecule has 2 heterocycles. The van der Waals surface area contributed by atoms with E-state index in [1.165, 1.54) is 41.0 Å². The van der Waals surface area contributed by atoms with Crippen molar-refractivity contribution in [2.75, 3.05) is 33.2 Å². The van der Waals surface area contributed by atoms with Gasteiger partial charge >= 0.3 is 0 Å². The van der Waals surface area contributed by atoms with Crippen LogP contribution in [0.3, 0.4) is 0 Å². The molecule has 0 spiro atoms. The molecule has 4 rings (SSSR count). The lowest BCUT2D eigenvalue weighted by Gasteiger charge is -2.32. The van der Waals surface area contributed by atoms with E-state index in [9.17, 15) is 0 Å². The summed E-state index contributed by atoms with van der Waals surface area (Å²) in [6.45, 7) is 5.69. The van der Waals surface area contributed by atoms with Crippen molar-refractivity contribution in [2.45, 2.75) is 13.0 Å². The van der Waals surface area contributed by atoms with E-state index in [1.54, 1.807) is 0 Å². The van der Waals surface area contributed by atoms with Gasteiger partial charge in [-0.25, -0.2) is 0 Å². The number of hydrogen-bond donors (Lipinski definition) is 0. The van der Waals surface area contributed by atoms with Gasteiger partial charge in [-0.2, -0.15) is 0 Å². The second-order valence-electron chi connectivity index (χ2n) is 6.65. The van der Waals surface area contributed by atoms with Gasteiger partial charge in [-0.05, 0) is 35.9 Å². The molecule has 0 saturated carbocycles. The van der Waals surface area contributed by atoms with Crippen LogP contribution in [-0.2, 0) is 13.0 Å². The molecule has 0 amide bonds. The zero-order valence-corrected chi connectivity index (χ0v) is 13.7. The first-order valence-corrected chi connectivity index (χ1v) is 8.43. The molecule has 2 aliphatic rings. The lowest BCUT2D eigenvalue weighted by atomic mass is 10.0. The molecule has 1 aliphatic heterocycles. The van der Waals surface area contributed by atoms with E-state index in [0.717, 1.165) is 26.1 Å². The van der Waals surface area contributed by atoms with Crippen LogP contribution in [0.5, 0.6) is 0 Å². The monoisotopic (exact) mass is 305 g/mol. The lowest BCUT2D eigenvalue weighted by molar-refractivity contribution is 0.148. The predicted octanol–water partition coefficient (Wildman–Crippen LogP) is 3.07. The van der Waals surface area contributed by atoms with E-state index in [2.05, 4.69) is 64.3 Å². The summed E-state index contributed by atoms with van der Waals surface area (Å²) >= 11 is 0. The third-order valence-corrected chi connectivity index (χ3v) is 4.87. The fraction of sp³-hybridized carbons (Fsp3) is 0.350. The Kier molecular flexibility index (Phi) is 3.98. The van der Waals surface area contributed by atoms with Crippen molar-refractivity contribution < 1.29 is 0 Å². The van der Waals surface area contributed by atoms with Gasteiger partial charge in [-0.15, -0.1) is 0 Å². The molecule has 0 unspecified atom stereocenters. The molecule has 1 saturated heterocycles. The number of aromatic nitrogens is 1. The third-order valence-electron chi connectivity index (χ3n) is 4.87. The van der Waals surface area contributed by atoms with Crippen molar-refractivity contribution in [1.29, 1.82) is 0 Å². The van der Waals surface area contributed by atoms with Crippen molar-refractivity contribution >= 4 is 6.08 Å². The Morgan fingerprint density at radius 3 is 2.78 bits per heavy atom. The highest BCUT2D eigenvalue weighted by Crippen LogP contribution is 2.26. The maximum atomic E-state index is 4.61. The van der Waals surface area contributed by atoms with Crippen LogP contribution in [0, 0.1) is 0 Å². The maximum absolute atomic E-state index is 4.61. The van der Waals surface area contributed by atoms with Gasteiger partial charge in [0.1, 0.15) is 0 Å². The number of nitrogens with zero attached hydrogens (tertiary/aromatic N) is 3. The smallest absolute Gasteiger partial charge is 0.0513 e. The Morgan fingerprint density at radius 2 is 1.91 bits per heavy atom. The summed E-state index contributed by atoms with van der Waals surface area (Å²) < 4.78 is 0. The van der Waals surface area contributed by atoms with Gasteiger partial charge in [0.2, 0.25) is 0 Å².